The molecule has 0 N–H and O–H groups in total. The Morgan fingerprint density at radius 2 is 1.85 bits per heavy atom. The number of benzene rings is 2. The molecule has 1 unspecified atom stereocenters. The topological polar surface area (TPSA) is 46.6 Å². The van der Waals surface area contributed by atoms with Gasteiger partial charge in [-0.2, -0.15) is 0 Å². The third kappa shape index (κ3) is 4.33. The van der Waals surface area contributed by atoms with Crippen LogP contribution in [0.5, 0.6) is 0 Å². The number of hydrogen-bond acceptors (Lipinski definition) is 4. The second-order valence-electron chi connectivity index (χ2n) is 7.48. The highest BCUT2D eigenvalue weighted by molar-refractivity contribution is 8.00. The van der Waals surface area contributed by atoms with E-state index in [4.69, 9.17) is 4.74 Å². The third-order valence-corrected chi connectivity index (χ3v) is 5.33. The van der Waals surface area contributed by atoms with Crippen molar-refractivity contribution in [2.45, 2.75) is 38.7 Å². The Morgan fingerprint density at radius 3 is 2.44 bits per heavy atom. The standard InChI is InChI=1S/C21H22FNO3S/c1-13-11-15(20(25)26-21(2,3)4)7-10-17(13)23-18(24)12-27-19(23)14-5-8-16(22)9-6-14/h5-11,19H,12H2,1-4H3. The molecule has 1 aliphatic heterocycles. The van der Waals surface area contributed by atoms with Gasteiger partial charge in [-0.25, -0.2) is 9.18 Å². The highest BCUT2D eigenvalue weighted by atomic mass is 32.2. The van der Waals surface area contributed by atoms with Crippen molar-refractivity contribution >= 4 is 29.3 Å². The second kappa shape index (κ2) is 7.35. The molecule has 27 heavy (non-hydrogen) atoms. The van der Waals surface area contributed by atoms with Crippen LogP contribution in [0.2, 0.25) is 0 Å². The van der Waals surface area contributed by atoms with Gasteiger partial charge in [-0.05, 0) is 69.2 Å². The zero-order valence-corrected chi connectivity index (χ0v) is 16.6. The number of carbonyl (C=O) groups is 2. The highest BCUT2D eigenvalue weighted by Crippen LogP contribution is 2.42. The molecule has 4 nitrogen and oxygen atoms in total. The molecule has 1 aliphatic rings. The van der Waals surface area contributed by atoms with Crippen molar-refractivity contribution in [3.8, 4) is 0 Å². The number of halogens is 1. The summed E-state index contributed by atoms with van der Waals surface area (Å²) in [5.41, 5.74) is 2.29. The zero-order valence-electron chi connectivity index (χ0n) is 15.8. The number of amides is 1. The van der Waals surface area contributed by atoms with Crippen LogP contribution >= 0.6 is 11.8 Å². The number of esters is 1. The van der Waals surface area contributed by atoms with Gasteiger partial charge in [0.15, 0.2) is 0 Å². The fourth-order valence-electron chi connectivity index (χ4n) is 2.95. The van der Waals surface area contributed by atoms with E-state index in [2.05, 4.69) is 0 Å². The molecule has 0 radical (unpaired) electrons. The minimum absolute atomic E-state index is 0.0116. The van der Waals surface area contributed by atoms with Gasteiger partial charge < -0.3 is 4.74 Å². The first kappa shape index (κ1) is 19.4. The van der Waals surface area contributed by atoms with Crippen LogP contribution in [0.25, 0.3) is 0 Å². The van der Waals surface area contributed by atoms with Gasteiger partial charge in [-0.3, -0.25) is 9.69 Å². The van der Waals surface area contributed by atoms with E-state index in [1.54, 1.807) is 35.2 Å². The first-order valence-electron chi connectivity index (χ1n) is 8.69. The number of nitrogens with zero attached hydrogens (tertiary/aromatic N) is 1. The Labute approximate surface area is 162 Å². The Hall–Kier alpha value is -2.34. The first-order chi connectivity index (χ1) is 12.7. The lowest BCUT2D eigenvalue weighted by molar-refractivity contribution is -0.115. The Balaban J connectivity index is 1.91. The molecule has 1 amide bonds. The molecule has 2 aromatic carbocycles. The number of aryl methyl sites for hydroxylation is 1. The summed E-state index contributed by atoms with van der Waals surface area (Å²) >= 11 is 1.50. The molecule has 1 heterocycles. The molecule has 142 valence electrons. The summed E-state index contributed by atoms with van der Waals surface area (Å²) in [7, 11) is 0. The maximum atomic E-state index is 13.2. The van der Waals surface area contributed by atoms with E-state index in [9.17, 15) is 14.0 Å². The lowest BCUT2D eigenvalue weighted by atomic mass is 10.1. The minimum Gasteiger partial charge on any atom is -0.456 e. The molecule has 6 heteroatoms. The van der Waals surface area contributed by atoms with Crippen LogP contribution in [0.3, 0.4) is 0 Å². The van der Waals surface area contributed by atoms with Crippen molar-refractivity contribution in [2.75, 3.05) is 10.7 Å². The van der Waals surface area contributed by atoms with E-state index in [-0.39, 0.29) is 17.1 Å². The summed E-state index contributed by atoms with van der Waals surface area (Å²) in [5, 5.41) is -0.218. The van der Waals surface area contributed by atoms with Crippen molar-refractivity contribution in [2.24, 2.45) is 0 Å². The lowest BCUT2D eigenvalue weighted by Crippen LogP contribution is -2.29. The van der Waals surface area contributed by atoms with Gasteiger partial charge in [-0.1, -0.05) is 12.1 Å². The third-order valence-electron chi connectivity index (χ3n) is 4.11. The molecule has 0 bridgehead atoms. The normalized spacial score (nSPS) is 17.3. The van der Waals surface area contributed by atoms with Crippen LogP contribution in [0.15, 0.2) is 42.5 Å². The number of ether oxygens (including phenoxy) is 1. The van der Waals surface area contributed by atoms with Crippen molar-refractivity contribution < 1.29 is 18.7 Å². The molecule has 0 saturated carbocycles. The highest BCUT2D eigenvalue weighted by Gasteiger charge is 2.35. The molecule has 3 rings (SSSR count). The fraction of sp³-hybridized carbons (Fsp3) is 0.333. The number of thioether (sulfide) groups is 1. The van der Waals surface area contributed by atoms with Gasteiger partial charge in [0.2, 0.25) is 5.91 Å². The molecule has 1 atom stereocenters. The van der Waals surface area contributed by atoms with Crippen LogP contribution < -0.4 is 4.90 Å². The second-order valence-corrected chi connectivity index (χ2v) is 8.55. The largest absolute Gasteiger partial charge is 0.456 e. The summed E-state index contributed by atoms with van der Waals surface area (Å²) in [6, 6.07) is 11.4. The monoisotopic (exact) mass is 387 g/mol. The van der Waals surface area contributed by atoms with E-state index in [1.165, 1.54) is 23.9 Å². The maximum absolute atomic E-state index is 13.2. The molecule has 0 aliphatic carbocycles. The molecule has 1 saturated heterocycles. The summed E-state index contributed by atoms with van der Waals surface area (Å²) in [5.74, 6) is -0.357. The van der Waals surface area contributed by atoms with Crippen LogP contribution in [0, 0.1) is 12.7 Å². The number of anilines is 1. The predicted octanol–water partition coefficient (Wildman–Crippen LogP) is 4.87. The quantitative estimate of drug-likeness (QED) is 0.705. The van der Waals surface area contributed by atoms with Crippen molar-refractivity contribution in [1.29, 1.82) is 0 Å². The van der Waals surface area contributed by atoms with E-state index in [1.807, 2.05) is 27.7 Å². The molecular formula is C21H22FNO3S. The Morgan fingerprint density at radius 1 is 1.19 bits per heavy atom. The van der Waals surface area contributed by atoms with Crippen molar-refractivity contribution in [3.63, 3.8) is 0 Å². The summed E-state index contributed by atoms with van der Waals surface area (Å²) in [4.78, 5) is 26.5. The first-order valence-corrected chi connectivity index (χ1v) is 9.74. The van der Waals surface area contributed by atoms with Crippen molar-refractivity contribution in [3.05, 3.63) is 65.0 Å². The Bertz CT molecular complexity index is 874. The summed E-state index contributed by atoms with van der Waals surface area (Å²) in [6.45, 7) is 7.32. The van der Waals surface area contributed by atoms with Gasteiger partial charge in [0.25, 0.3) is 0 Å². The van der Waals surface area contributed by atoms with E-state index >= 15 is 0 Å². The Kier molecular flexibility index (Phi) is 5.29. The van der Waals surface area contributed by atoms with E-state index in [0.29, 0.717) is 11.3 Å². The summed E-state index contributed by atoms with van der Waals surface area (Å²) in [6.07, 6.45) is 0. The van der Waals surface area contributed by atoms with E-state index in [0.717, 1.165) is 16.8 Å². The fourth-order valence-corrected chi connectivity index (χ4v) is 4.12. The van der Waals surface area contributed by atoms with Crippen LogP contribution in [-0.4, -0.2) is 23.2 Å². The molecule has 2 aromatic rings. The molecule has 0 spiro atoms. The SMILES string of the molecule is Cc1cc(C(=O)OC(C)(C)C)ccc1N1C(=O)CSC1c1ccc(F)cc1. The molecule has 1 fully saturated rings. The molecular weight excluding hydrogens is 365 g/mol. The average Bonchev–Trinajstić information content (AvgIpc) is 2.95. The molecule has 0 aromatic heterocycles. The van der Waals surface area contributed by atoms with Gasteiger partial charge in [-0.15, -0.1) is 11.8 Å². The van der Waals surface area contributed by atoms with Crippen molar-refractivity contribution in [1.82, 2.24) is 0 Å². The average molecular weight is 387 g/mol. The predicted molar refractivity (Wildman–Crippen MR) is 105 cm³/mol. The lowest BCUT2D eigenvalue weighted by Gasteiger charge is -2.26. The van der Waals surface area contributed by atoms with Crippen LogP contribution in [-0.2, 0) is 9.53 Å². The van der Waals surface area contributed by atoms with Gasteiger partial charge in [0.05, 0.1) is 11.3 Å². The number of hydrogen-bond donors (Lipinski definition) is 0. The van der Waals surface area contributed by atoms with Crippen LogP contribution in [0.1, 0.15) is 47.6 Å². The smallest absolute Gasteiger partial charge is 0.338 e. The van der Waals surface area contributed by atoms with E-state index < -0.39 is 11.6 Å². The summed E-state index contributed by atoms with van der Waals surface area (Å²) < 4.78 is 18.6. The van der Waals surface area contributed by atoms with Gasteiger partial charge >= 0.3 is 5.97 Å². The number of carbonyl (C=O) groups excluding carboxylic acids is 2. The van der Waals surface area contributed by atoms with Gasteiger partial charge in [0.1, 0.15) is 16.8 Å². The number of rotatable bonds is 3. The van der Waals surface area contributed by atoms with Crippen LogP contribution in [0.4, 0.5) is 10.1 Å². The van der Waals surface area contributed by atoms with Gasteiger partial charge in [0, 0.05) is 5.69 Å². The zero-order chi connectivity index (χ0) is 19.8. The minimum atomic E-state index is -0.571. The maximum Gasteiger partial charge on any atom is 0.338 e.